The Bertz CT molecular complexity index is 610. The number of para-hydroxylation sites is 2. The van der Waals surface area contributed by atoms with Crippen LogP contribution in [0.4, 0.5) is 0 Å². The van der Waals surface area contributed by atoms with Crippen LogP contribution in [0.2, 0.25) is 0 Å². The molecule has 0 saturated carbocycles. The summed E-state index contributed by atoms with van der Waals surface area (Å²) in [7, 11) is 1.94. The van der Waals surface area contributed by atoms with Crippen LogP contribution in [0.1, 0.15) is 12.0 Å². The molecule has 0 bridgehead atoms. The van der Waals surface area contributed by atoms with Gasteiger partial charge in [0.2, 0.25) is 0 Å². The van der Waals surface area contributed by atoms with Crippen LogP contribution in [-0.4, -0.2) is 24.8 Å². The number of fused-ring (bicyclic) bond motifs is 1. The zero-order chi connectivity index (χ0) is 13.9. The van der Waals surface area contributed by atoms with E-state index in [0.29, 0.717) is 5.75 Å². The van der Waals surface area contributed by atoms with Gasteiger partial charge in [-0.05, 0) is 31.5 Å². The van der Waals surface area contributed by atoms with Gasteiger partial charge >= 0.3 is 0 Å². The van der Waals surface area contributed by atoms with Crippen LogP contribution in [-0.2, 0) is 6.42 Å². The lowest BCUT2D eigenvalue weighted by Gasteiger charge is -2.28. The van der Waals surface area contributed by atoms with E-state index < -0.39 is 0 Å². The highest BCUT2D eigenvalue weighted by Crippen LogP contribution is 2.40. The number of phenolic OH excluding ortho intramolecular Hbond substituents is 1. The summed E-state index contributed by atoms with van der Waals surface area (Å²) in [5.41, 5.74) is 3.02. The number of rotatable bonds is 3. The van der Waals surface area contributed by atoms with Crippen LogP contribution >= 0.6 is 0 Å². The molecule has 2 aromatic carbocycles. The minimum atomic E-state index is 0.194. The first-order valence-electron chi connectivity index (χ1n) is 7.01. The zero-order valence-electron chi connectivity index (χ0n) is 11.6. The molecule has 0 saturated heterocycles. The second-order valence-corrected chi connectivity index (χ2v) is 5.15. The number of nitrogens with one attached hydrogen (secondary N) is 1. The molecule has 2 N–H and O–H groups in total. The molecule has 3 nitrogen and oxygen atoms in total. The predicted octanol–water partition coefficient (Wildman–Crippen LogP) is 2.97. The van der Waals surface area contributed by atoms with Crippen molar-refractivity contribution in [1.82, 2.24) is 5.32 Å². The average Bonchev–Trinajstić information content (AvgIpc) is 2.48. The van der Waals surface area contributed by atoms with Gasteiger partial charge < -0.3 is 15.2 Å². The second-order valence-electron chi connectivity index (χ2n) is 5.15. The van der Waals surface area contributed by atoms with Crippen molar-refractivity contribution in [3.63, 3.8) is 0 Å². The molecule has 0 fully saturated rings. The fourth-order valence-electron chi connectivity index (χ4n) is 2.75. The second kappa shape index (κ2) is 5.55. The fourth-order valence-corrected chi connectivity index (χ4v) is 2.75. The summed E-state index contributed by atoms with van der Waals surface area (Å²) in [5.74, 6) is 1.21. The van der Waals surface area contributed by atoms with Crippen molar-refractivity contribution in [1.29, 1.82) is 0 Å². The highest BCUT2D eigenvalue weighted by Gasteiger charge is 2.22. The highest BCUT2D eigenvalue weighted by molar-refractivity contribution is 5.77. The van der Waals surface area contributed by atoms with E-state index >= 15 is 0 Å². The molecule has 0 aromatic heterocycles. The van der Waals surface area contributed by atoms with E-state index in [1.54, 1.807) is 6.07 Å². The topological polar surface area (TPSA) is 41.5 Å². The predicted molar refractivity (Wildman–Crippen MR) is 80.2 cm³/mol. The molecule has 2 aromatic rings. The smallest absolute Gasteiger partial charge is 0.130 e. The van der Waals surface area contributed by atoms with Gasteiger partial charge in [0.1, 0.15) is 17.6 Å². The summed E-state index contributed by atoms with van der Waals surface area (Å²) in [5, 5.41) is 13.2. The van der Waals surface area contributed by atoms with E-state index in [1.807, 2.05) is 37.4 Å². The minimum Gasteiger partial charge on any atom is -0.507 e. The quantitative estimate of drug-likeness (QED) is 0.900. The third kappa shape index (κ3) is 2.37. The van der Waals surface area contributed by atoms with E-state index in [2.05, 4.69) is 11.4 Å². The Kier molecular flexibility index (Phi) is 3.61. The van der Waals surface area contributed by atoms with Crippen LogP contribution in [0.3, 0.4) is 0 Å². The molecule has 1 aliphatic rings. The van der Waals surface area contributed by atoms with Gasteiger partial charge in [-0.2, -0.15) is 0 Å². The molecular weight excluding hydrogens is 250 g/mol. The standard InChI is InChI=1S/C17H19NO2/c1-18-11-13-10-9-12-5-4-7-15(17(12)20-13)14-6-2-3-8-16(14)19/h2-8,13,18-19H,9-11H2,1H3. The summed E-state index contributed by atoms with van der Waals surface area (Å²) in [6.07, 6.45) is 2.24. The van der Waals surface area contributed by atoms with Crippen molar-refractivity contribution in [3.05, 3.63) is 48.0 Å². The Morgan fingerprint density at radius 2 is 1.95 bits per heavy atom. The molecule has 1 aliphatic heterocycles. The maximum absolute atomic E-state index is 10.1. The number of aryl methyl sites for hydroxylation is 1. The van der Waals surface area contributed by atoms with E-state index in [-0.39, 0.29) is 6.10 Å². The number of hydrogen-bond donors (Lipinski definition) is 2. The van der Waals surface area contributed by atoms with Crippen molar-refractivity contribution < 1.29 is 9.84 Å². The Hall–Kier alpha value is -2.00. The Balaban J connectivity index is 2.04. The van der Waals surface area contributed by atoms with E-state index in [1.165, 1.54) is 5.56 Å². The number of phenols is 1. The van der Waals surface area contributed by atoms with Crippen molar-refractivity contribution in [3.8, 4) is 22.6 Å². The molecule has 1 atom stereocenters. The van der Waals surface area contributed by atoms with E-state index in [0.717, 1.165) is 36.3 Å². The van der Waals surface area contributed by atoms with Gasteiger partial charge in [-0.25, -0.2) is 0 Å². The summed E-state index contributed by atoms with van der Waals surface area (Å²) in [6.45, 7) is 0.842. The molecule has 3 heteroatoms. The largest absolute Gasteiger partial charge is 0.507 e. The van der Waals surface area contributed by atoms with Crippen LogP contribution in [0.15, 0.2) is 42.5 Å². The van der Waals surface area contributed by atoms with Crippen molar-refractivity contribution >= 4 is 0 Å². The molecule has 20 heavy (non-hydrogen) atoms. The minimum absolute atomic E-state index is 0.194. The molecule has 1 unspecified atom stereocenters. The van der Waals surface area contributed by atoms with Gasteiger partial charge in [0.15, 0.2) is 0 Å². The molecule has 1 heterocycles. The van der Waals surface area contributed by atoms with Gasteiger partial charge in [0.05, 0.1) is 0 Å². The van der Waals surface area contributed by atoms with Gasteiger partial charge in [-0.15, -0.1) is 0 Å². The average molecular weight is 269 g/mol. The van der Waals surface area contributed by atoms with Crippen molar-refractivity contribution in [2.45, 2.75) is 18.9 Å². The summed E-state index contributed by atoms with van der Waals surface area (Å²) in [6, 6.07) is 13.5. The van der Waals surface area contributed by atoms with Crippen LogP contribution in [0, 0.1) is 0 Å². The normalized spacial score (nSPS) is 17.4. The molecule has 0 spiro atoms. The van der Waals surface area contributed by atoms with E-state index in [9.17, 15) is 5.11 Å². The fraction of sp³-hybridized carbons (Fsp3) is 0.294. The summed E-state index contributed by atoms with van der Waals surface area (Å²) < 4.78 is 6.14. The third-order valence-electron chi connectivity index (χ3n) is 3.74. The number of hydrogen-bond acceptors (Lipinski definition) is 3. The van der Waals surface area contributed by atoms with Gasteiger partial charge in [-0.1, -0.05) is 36.4 Å². The SMILES string of the molecule is CNCC1CCc2cccc(-c3ccccc3O)c2O1. The lowest BCUT2D eigenvalue weighted by atomic mass is 9.95. The zero-order valence-corrected chi connectivity index (χ0v) is 11.6. The monoisotopic (exact) mass is 269 g/mol. The molecule has 3 rings (SSSR count). The summed E-state index contributed by atoms with van der Waals surface area (Å²) >= 11 is 0. The molecule has 0 amide bonds. The van der Waals surface area contributed by atoms with E-state index in [4.69, 9.17) is 4.74 Å². The maximum Gasteiger partial charge on any atom is 0.130 e. The lowest BCUT2D eigenvalue weighted by molar-refractivity contribution is 0.174. The number of aromatic hydroxyl groups is 1. The first-order valence-corrected chi connectivity index (χ1v) is 7.01. The maximum atomic E-state index is 10.1. The number of ether oxygens (including phenoxy) is 1. The number of benzene rings is 2. The Labute approximate surface area is 119 Å². The van der Waals surface area contributed by atoms with Crippen LogP contribution < -0.4 is 10.1 Å². The first-order chi connectivity index (χ1) is 9.79. The molecule has 0 aliphatic carbocycles. The highest BCUT2D eigenvalue weighted by atomic mass is 16.5. The van der Waals surface area contributed by atoms with Crippen molar-refractivity contribution in [2.24, 2.45) is 0 Å². The van der Waals surface area contributed by atoms with Crippen LogP contribution in [0.25, 0.3) is 11.1 Å². The van der Waals surface area contributed by atoms with Gasteiger partial charge in [0, 0.05) is 17.7 Å². The van der Waals surface area contributed by atoms with Crippen LogP contribution in [0.5, 0.6) is 11.5 Å². The molecule has 104 valence electrons. The Morgan fingerprint density at radius 3 is 2.75 bits per heavy atom. The summed E-state index contributed by atoms with van der Waals surface area (Å²) in [4.78, 5) is 0. The Morgan fingerprint density at radius 1 is 1.15 bits per heavy atom. The number of likely N-dealkylation sites (N-methyl/N-ethyl adjacent to an activating group) is 1. The lowest BCUT2D eigenvalue weighted by Crippen LogP contribution is -2.32. The van der Waals surface area contributed by atoms with Gasteiger partial charge in [0.25, 0.3) is 0 Å². The third-order valence-corrected chi connectivity index (χ3v) is 3.74. The van der Waals surface area contributed by atoms with Gasteiger partial charge in [-0.3, -0.25) is 0 Å². The van der Waals surface area contributed by atoms with Crippen molar-refractivity contribution in [2.75, 3.05) is 13.6 Å². The molecular formula is C17H19NO2. The molecule has 0 radical (unpaired) electrons. The first kappa shape index (κ1) is 13.0.